The molecule has 3 aliphatic rings. The summed E-state index contributed by atoms with van der Waals surface area (Å²) in [5.41, 5.74) is -0.385. The molecular weight excluding hydrogens is 661 g/mol. The Bertz CT molecular complexity index is 1940. The van der Waals surface area contributed by atoms with Crippen LogP contribution in [-0.2, 0) is 26.9 Å². The van der Waals surface area contributed by atoms with Gasteiger partial charge >= 0.3 is 0 Å². The lowest BCUT2D eigenvalue weighted by Gasteiger charge is -2.41. The zero-order valence-electron chi connectivity index (χ0n) is 26.5. The number of anilines is 1. The van der Waals surface area contributed by atoms with Crippen molar-refractivity contribution in [2.24, 2.45) is 0 Å². The maximum absolute atomic E-state index is 15.4. The minimum Gasteiger partial charge on any atom is -0.497 e. The summed E-state index contributed by atoms with van der Waals surface area (Å²) in [5.74, 6) is -0.491. The van der Waals surface area contributed by atoms with Crippen molar-refractivity contribution in [1.82, 2.24) is 20.1 Å². The van der Waals surface area contributed by atoms with Crippen LogP contribution in [0.1, 0.15) is 41.5 Å². The first kappa shape index (κ1) is 32.5. The third kappa shape index (κ3) is 5.24. The summed E-state index contributed by atoms with van der Waals surface area (Å²) in [6.45, 7) is 4.57. The first-order valence-electron chi connectivity index (χ1n) is 15.7. The van der Waals surface area contributed by atoms with Gasteiger partial charge in [-0.1, -0.05) is 23.7 Å². The molecule has 2 atom stereocenters. The monoisotopic (exact) mass is 695 g/mol. The third-order valence-corrected chi connectivity index (χ3v) is 11.4. The predicted octanol–water partition coefficient (Wildman–Crippen LogP) is 4.71. The van der Waals surface area contributed by atoms with Crippen LogP contribution in [0.25, 0.3) is 0 Å². The third-order valence-electron chi connectivity index (χ3n) is 9.43. The minimum atomic E-state index is -4.58. The standard InChI is InChI=1S/C34H35ClFN5O6S/c1-45-23-6-8-24(9-7-23)48(43,44)41-30-20-28(36)27(35)19-26(30)34(33(41)42,40-14-3-4-29(40)32-38-13-17-47-32)25-10-5-22(18-31(25)46-2)21-39-15-11-37-12-16-39/h5-10,13,17-20,29,37H,3-4,11-12,14-16,21H2,1-2H3. The number of rotatable bonds is 9. The van der Waals surface area contributed by atoms with Gasteiger partial charge in [-0.2, -0.15) is 0 Å². The number of piperazine rings is 1. The van der Waals surface area contributed by atoms with Crippen LogP contribution in [0.5, 0.6) is 11.5 Å². The summed E-state index contributed by atoms with van der Waals surface area (Å²) in [4.78, 5) is 23.9. The maximum atomic E-state index is 15.4. The first-order chi connectivity index (χ1) is 23.2. The van der Waals surface area contributed by atoms with Gasteiger partial charge in [-0.3, -0.25) is 14.6 Å². The molecule has 0 bridgehead atoms. The van der Waals surface area contributed by atoms with Crippen molar-refractivity contribution < 1.29 is 31.5 Å². The number of methoxy groups -OCH3 is 2. The number of benzene rings is 3. The second kappa shape index (κ2) is 12.8. The highest BCUT2D eigenvalue weighted by molar-refractivity contribution is 7.93. The number of fused-ring (bicyclic) bond motifs is 1. The number of likely N-dealkylation sites (tertiary alicyclic amines) is 1. The second-order valence-electron chi connectivity index (χ2n) is 12.0. The van der Waals surface area contributed by atoms with Crippen LogP contribution in [0.15, 0.2) is 76.4 Å². The number of aromatic nitrogens is 1. The van der Waals surface area contributed by atoms with E-state index in [0.29, 0.717) is 53.2 Å². The molecule has 1 amide bonds. The van der Waals surface area contributed by atoms with Crippen LogP contribution in [0, 0.1) is 5.82 Å². The Morgan fingerprint density at radius 3 is 2.50 bits per heavy atom. The van der Waals surface area contributed by atoms with Crippen molar-refractivity contribution in [3.05, 3.63) is 100 Å². The molecule has 0 saturated carbocycles. The Morgan fingerprint density at radius 2 is 1.81 bits per heavy atom. The van der Waals surface area contributed by atoms with Crippen molar-refractivity contribution in [2.45, 2.75) is 35.9 Å². The molecule has 2 saturated heterocycles. The fraction of sp³-hybridized carbons (Fsp3) is 0.353. The number of amides is 1. The lowest BCUT2D eigenvalue weighted by molar-refractivity contribution is -0.127. The molecule has 3 aliphatic heterocycles. The Labute approximate surface area is 283 Å². The highest BCUT2D eigenvalue weighted by Gasteiger charge is 2.63. The Balaban J connectivity index is 1.47. The number of carbonyl (C=O) groups is 1. The molecule has 1 aromatic heterocycles. The molecule has 0 radical (unpaired) electrons. The van der Waals surface area contributed by atoms with E-state index in [1.54, 1.807) is 0 Å². The van der Waals surface area contributed by atoms with E-state index in [-0.39, 0.29) is 21.2 Å². The van der Waals surface area contributed by atoms with Crippen LogP contribution in [0.2, 0.25) is 5.02 Å². The molecule has 0 spiro atoms. The smallest absolute Gasteiger partial charge is 0.271 e. The number of ether oxygens (including phenoxy) is 2. The minimum absolute atomic E-state index is 0.136. The number of halogens is 2. The quantitative estimate of drug-likeness (QED) is 0.264. The largest absolute Gasteiger partial charge is 0.497 e. The van der Waals surface area contributed by atoms with Crippen molar-refractivity contribution in [3.63, 3.8) is 0 Å². The van der Waals surface area contributed by atoms with E-state index in [2.05, 4.69) is 15.2 Å². The van der Waals surface area contributed by atoms with Gasteiger partial charge in [-0.15, -0.1) is 0 Å². The molecule has 14 heteroatoms. The maximum Gasteiger partial charge on any atom is 0.271 e. The number of oxazole rings is 1. The molecule has 2 fully saturated rings. The average molecular weight is 696 g/mol. The fourth-order valence-corrected chi connectivity index (χ4v) is 8.85. The van der Waals surface area contributed by atoms with Gasteiger partial charge < -0.3 is 19.2 Å². The number of nitrogens with one attached hydrogen (secondary N) is 1. The molecule has 4 heterocycles. The predicted molar refractivity (Wildman–Crippen MR) is 176 cm³/mol. The van der Waals surface area contributed by atoms with Crippen molar-refractivity contribution in [2.75, 3.05) is 51.2 Å². The topological polar surface area (TPSA) is 117 Å². The van der Waals surface area contributed by atoms with Gasteiger partial charge in [0.15, 0.2) is 5.54 Å². The number of hydrogen-bond donors (Lipinski definition) is 1. The molecule has 252 valence electrons. The molecule has 4 aromatic rings. The van der Waals surface area contributed by atoms with Crippen molar-refractivity contribution in [3.8, 4) is 11.5 Å². The van der Waals surface area contributed by atoms with E-state index in [9.17, 15) is 8.42 Å². The highest BCUT2D eigenvalue weighted by Crippen LogP contribution is 2.57. The molecule has 0 aliphatic carbocycles. The van der Waals surface area contributed by atoms with Crippen molar-refractivity contribution in [1.29, 1.82) is 0 Å². The average Bonchev–Trinajstić information content (AvgIpc) is 3.85. The summed E-state index contributed by atoms with van der Waals surface area (Å²) in [7, 11) is -1.60. The van der Waals surface area contributed by atoms with Crippen LogP contribution in [0.4, 0.5) is 10.1 Å². The molecule has 2 unspecified atom stereocenters. The molecule has 11 nitrogen and oxygen atoms in total. The first-order valence-corrected chi connectivity index (χ1v) is 17.5. The van der Waals surface area contributed by atoms with E-state index < -0.39 is 33.3 Å². The van der Waals surface area contributed by atoms with E-state index in [1.165, 1.54) is 57.0 Å². The Hall–Kier alpha value is -4.01. The number of nitrogens with zero attached hydrogens (tertiary/aromatic N) is 4. The zero-order valence-corrected chi connectivity index (χ0v) is 28.1. The summed E-state index contributed by atoms with van der Waals surface area (Å²) in [5, 5.41) is 3.10. The van der Waals surface area contributed by atoms with Gasteiger partial charge in [-0.05, 0) is 54.8 Å². The Morgan fingerprint density at radius 1 is 1.04 bits per heavy atom. The summed E-state index contributed by atoms with van der Waals surface area (Å²) >= 11 is 6.46. The van der Waals surface area contributed by atoms with Gasteiger partial charge in [0.25, 0.3) is 15.9 Å². The van der Waals surface area contributed by atoms with Gasteiger partial charge in [0, 0.05) is 56.5 Å². The van der Waals surface area contributed by atoms with Crippen LogP contribution in [0.3, 0.4) is 0 Å². The molecular formula is C34H35ClFN5O6S. The number of sulfonamides is 1. The summed E-state index contributed by atoms with van der Waals surface area (Å²) < 4.78 is 62.0. The fourth-order valence-electron chi connectivity index (χ4n) is 7.23. The zero-order chi connectivity index (χ0) is 33.6. The van der Waals surface area contributed by atoms with Gasteiger partial charge in [-0.25, -0.2) is 22.1 Å². The van der Waals surface area contributed by atoms with Gasteiger partial charge in [0.2, 0.25) is 5.89 Å². The van der Waals surface area contributed by atoms with Crippen molar-refractivity contribution >= 4 is 33.2 Å². The Kier molecular flexibility index (Phi) is 8.67. The SMILES string of the molecule is COc1ccc(S(=O)(=O)N2C(=O)C(c3ccc(CN4CCNCC4)cc3OC)(N3CCCC3c3ncco3)c3cc(Cl)c(F)cc32)cc1. The van der Waals surface area contributed by atoms with Crippen LogP contribution < -0.4 is 19.1 Å². The molecule has 1 N–H and O–H groups in total. The van der Waals surface area contributed by atoms with Gasteiger partial charge in [0.1, 0.15) is 23.6 Å². The second-order valence-corrected chi connectivity index (χ2v) is 14.2. The molecule has 7 rings (SSSR count). The molecule has 3 aromatic carbocycles. The lowest BCUT2D eigenvalue weighted by atomic mass is 9.80. The summed E-state index contributed by atoms with van der Waals surface area (Å²) in [6.07, 6.45) is 4.22. The van der Waals surface area contributed by atoms with Crippen LogP contribution in [-0.4, -0.2) is 76.1 Å². The van der Waals surface area contributed by atoms with E-state index in [0.717, 1.165) is 37.8 Å². The number of hydrogen-bond acceptors (Lipinski definition) is 10. The molecule has 48 heavy (non-hydrogen) atoms. The van der Waals surface area contributed by atoms with E-state index in [1.807, 2.05) is 23.1 Å². The van der Waals surface area contributed by atoms with E-state index >= 15 is 9.18 Å². The van der Waals surface area contributed by atoms with Crippen LogP contribution >= 0.6 is 11.6 Å². The van der Waals surface area contributed by atoms with Gasteiger partial charge in [0.05, 0.1) is 42.1 Å². The highest BCUT2D eigenvalue weighted by atomic mass is 35.5. The lowest BCUT2D eigenvalue weighted by Crippen LogP contribution is -2.54. The summed E-state index contributed by atoms with van der Waals surface area (Å²) in [6, 6.07) is 13.1. The van der Waals surface area contributed by atoms with E-state index in [4.69, 9.17) is 25.5 Å². The number of carbonyl (C=O) groups excluding carboxylic acids is 1. The normalized spacial score (nSPS) is 21.9.